The van der Waals surface area contributed by atoms with Crippen LogP contribution >= 0.6 is 22.9 Å². The van der Waals surface area contributed by atoms with Gasteiger partial charge in [-0.15, -0.1) is 11.3 Å². The van der Waals surface area contributed by atoms with Crippen molar-refractivity contribution in [2.24, 2.45) is 0 Å². The van der Waals surface area contributed by atoms with Gasteiger partial charge in [-0.25, -0.2) is 22.8 Å². The molecule has 1 fully saturated rings. The third-order valence-corrected chi connectivity index (χ3v) is 7.58. The molecule has 1 amide bonds. The number of aromatic nitrogens is 5. The highest BCUT2D eigenvalue weighted by atomic mass is 35.5. The van der Waals surface area contributed by atoms with E-state index in [1.165, 1.54) is 23.8 Å². The second-order valence-corrected chi connectivity index (χ2v) is 10.0. The molecule has 0 radical (unpaired) electrons. The van der Waals surface area contributed by atoms with Gasteiger partial charge in [-0.2, -0.15) is 10.1 Å². The van der Waals surface area contributed by atoms with E-state index in [-0.39, 0.29) is 28.9 Å². The van der Waals surface area contributed by atoms with Crippen LogP contribution in [0.4, 0.5) is 13.2 Å². The molecule has 39 heavy (non-hydrogen) atoms. The van der Waals surface area contributed by atoms with Gasteiger partial charge in [-0.05, 0) is 31.0 Å². The number of likely N-dealkylation sites (tertiary alicyclic amines) is 1. The molecular formula is C25H23ClF3N7O2S. The fourth-order valence-electron chi connectivity index (χ4n) is 4.44. The maximum absolute atomic E-state index is 14.3. The number of hydrogen-bond acceptors (Lipinski definition) is 8. The first-order chi connectivity index (χ1) is 18.9. The zero-order chi connectivity index (χ0) is 27.4. The highest BCUT2D eigenvalue weighted by molar-refractivity contribution is 7.09. The van der Waals surface area contributed by atoms with E-state index in [9.17, 15) is 18.0 Å². The summed E-state index contributed by atoms with van der Waals surface area (Å²) < 4.78 is 49.4. The first kappa shape index (κ1) is 27.0. The Morgan fingerprint density at radius 1 is 1.23 bits per heavy atom. The first-order valence-corrected chi connectivity index (χ1v) is 13.3. The van der Waals surface area contributed by atoms with E-state index in [0.29, 0.717) is 42.5 Å². The van der Waals surface area contributed by atoms with Crippen LogP contribution in [0.2, 0.25) is 5.02 Å². The second kappa shape index (κ2) is 12.1. The lowest BCUT2D eigenvalue weighted by atomic mass is 10.0. The van der Waals surface area contributed by atoms with Crippen LogP contribution in [0.5, 0.6) is 5.88 Å². The van der Waals surface area contributed by atoms with Crippen LogP contribution in [0.1, 0.15) is 46.2 Å². The number of nitrogens with one attached hydrogen (secondary N) is 1. The number of thiazole rings is 1. The van der Waals surface area contributed by atoms with E-state index in [0.717, 1.165) is 17.4 Å². The van der Waals surface area contributed by atoms with Crippen LogP contribution in [0.25, 0.3) is 5.82 Å². The first-order valence-electron chi connectivity index (χ1n) is 12.1. The summed E-state index contributed by atoms with van der Waals surface area (Å²) in [7, 11) is 0. The van der Waals surface area contributed by atoms with Crippen molar-refractivity contribution in [1.82, 2.24) is 34.9 Å². The van der Waals surface area contributed by atoms with E-state index in [2.05, 4.69) is 25.4 Å². The van der Waals surface area contributed by atoms with Gasteiger partial charge < -0.3 is 10.1 Å². The monoisotopic (exact) mass is 577 g/mol. The maximum atomic E-state index is 14.3. The molecule has 1 aromatic carbocycles. The molecule has 1 aliphatic rings. The van der Waals surface area contributed by atoms with Crippen molar-refractivity contribution >= 4 is 28.8 Å². The largest absolute Gasteiger partial charge is 0.473 e. The molecule has 1 saturated heterocycles. The Bertz CT molecular complexity index is 1390. The topological polar surface area (TPSA) is 98.1 Å². The van der Waals surface area contributed by atoms with Crippen molar-refractivity contribution in [3.8, 4) is 11.7 Å². The molecule has 0 saturated carbocycles. The molecule has 5 rings (SSSR count). The number of rotatable bonds is 9. The fourth-order valence-corrected chi connectivity index (χ4v) is 5.62. The molecule has 204 valence electrons. The summed E-state index contributed by atoms with van der Waals surface area (Å²) in [5, 5.41) is 6.78. The van der Waals surface area contributed by atoms with Crippen molar-refractivity contribution in [3.63, 3.8) is 0 Å². The Labute approximate surface area is 230 Å². The van der Waals surface area contributed by atoms with Gasteiger partial charge in [0, 0.05) is 32.0 Å². The summed E-state index contributed by atoms with van der Waals surface area (Å²) >= 11 is 7.12. The van der Waals surface area contributed by atoms with Gasteiger partial charge in [0.05, 0.1) is 39.4 Å². The number of alkyl halides is 2. The van der Waals surface area contributed by atoms with Crippen molar-refractivity contribution < 1.29 is 22.7 Å². The molecule has 0 aliphatic carbocycles. The molecule has 14 heteroatoms. The molecule has 1 aliphatic heterocycles. The van der Waals surface area contributed by atoms with Crippen LogP contribution in [-0.2, 0) is 0 Å². The normalized spacial score (nSPS) is 15.4. The van der Waals surface area contributed by atoms with Crippen molar-refractivity contribution in [1.29, 1.82) is 0 Å². The number of benzene rings is 1. The second-order valence-electron chi connectivity index (χ2n) is 8.74. The summed E-state index contributed by atoms with van der Waals surface area (Å²) in [6, 6.07) is 5.12. The zero-order valence-electron chi connectivity index (χ0n) is 20.4. The average Bonchev–Trinajstić information content (AvgIpc) is 3.63. The van der Waals surface area contributed by atoms with Crippen LogP contribution in [0.15, 0.2) is 54.6 Å². The van der Waals surface area contributed by atoms with Gasteiger partial charge in [0.15, 0.2) is 5.82 Å². The van der Waals surface area contributed by atoms with E-state index in [1.54, 1.807) is 29.3 Å². The number of nitrogens with zero attached hydrogens (tertiary/aromatic N) is 6. The quantitative estimate of drug-likeness (QED) is 0.303. The van der Waals surface area contributed by atoms with E-state index < -0.39 is 24.2 Å². The lowest BCUT2D eigenvalue weighted by molar-refractivity contribution is 0.0679. The Morgan fingerprint density at radius 2 is 2.05 bits per heavy atom. The number of ether oxygens (including phenoxy) is 1. The van der Waals surface area contributed by atoms with Crippen LogP contribution < -0.4 is 10.1 Å². The third-order valence-electron chi connectivity index (χ3n) is 6.32. The maximum Gasteiger partial charge on any atom is 0.281 e. The van der Waals surface area contributed by atoms with Crippen LogP contribution in [0, 0.1) is 5.82 Å². The van der Waals surface area contributed by atoms with Gasteiger partial charge in [0.1, 0.15) is 17.6 Å². The number of carbonyl (C=O) groups is 1. The third kappa shape index (κ3) is 6.21. The highest BCUT2D eigenvalue weighted by Crippen LogP contribution is 2.34. The minimum absolute atomic E-state index is 0.0334. The SMILES string of the molecule is O=C(NCC(c1scnc1C(F)F)N1CCC(Oc2cncc(-n3cccn3)n2)CC1)c1c(F)cccc1Cl. The van der Waals surface area contributed by atoms with Crippen LogP contribution in [-0.4, -0.2) is 61.3 Å². The number of carbonyl (C=O) groups excluding carboxylic acids is 1. The molecule has 9 nitrogen and oxygen atoms in total. The highest BCUT2D eigenvalue weighted by Gasteiger charge is 2.32. The van der Waals surface area contributed by atoms with Gasteiger partial charge in [0.25, 0.3) is 12.3 Å². The Kier molecular flexibility index (Phi) is 8.38. The van der Waals surface area contributed by atoms with Crippen LogP contribution in [0.3, 0.4) is 0 Å². The molecule has 0 bridgehead atoms. The molecule has 3 aromatic heterocycles. The standard InChI is InChI=1S/C25H23ClF3N7O2S/c26-16-3-1-4-17(27)21(16)25(37)31-11-18(23-22(24(28)29)32-14-39-23)35-9-5-15(6-10-35)38-20-13-30-12-19(34-20)36-8-2-7-33-36/h1-4,7-8,12-15,18,24H,5-6,9-11H2,(H,31,37). The van der Waals surface area contributed by atoms with Gasteiger partial charge in [-0.1, -0.05) is 17.7 Å². The number of piperidine rings is 1. The van der Waals surface area contributed by atoms with Crippen molar-refractivity contribution in [2.75, 3.05) is 19.6 Å². The van der Waals surface area contributed by atoms with E-state index in [1.807, 2.05) is 4.90 Å². The zero-order valence-corrected chi connectivity index (χ0v) is 22.0. The summed E-state index contributed by atoms with van der Waals surface area (Å²) in [6.07, 6.45) is 4.71. The Morgan fingerprint density at radius 3 is 2.77 bits per heavy atom. The predicted octanol–water partition coefficient (Wildman–Crippen LogP) is 4.86. The van der Waals surface area contributed by atoms with E-state index in [4.69, 9.17) is 16.3 Å². The van der Waals surface area contributed by atoms with Gasteiger partial charge in [-0.3, -0.25) is 14.7 Å². The molecular weight excluding hydrogens is 555 g/mol. The average molecular weight is 578 g/mol. The molecule has 4 aromatic rings. The Hall–Kier alpha value is -3.55. The lowest BCUT2D eigenvalue weighted by Crippen LogP contribution is -2.44. The minimum Gasteiger partial charge on any atom is -0.473 e. The predicted molar refractivity (Wildman–Crippen MR) is 138 cm³/mol. The molecule has 1 atom stereocenters. The van der Waals surface area contributed by atoms with Gasteiger partial charge in [0.2, 0.25) is 5.88 Å². The molecule has 4 heterocycles. The van der Waals surface area contributed by atoms with E-state index >= 15 is 0 Å². The number of halogens is 4. The summed E-state index contributed by atoms with van der Waals surface area (Å²) in [5.74, 6) is -0.611. The molecule has 1 N–H and O–H groups in total. The number of hydrogen-bond donors (Lipinski definition) is 1. The van der Waals surface area contributed by atoms with Crippen molar-refractivity contribution in [3.05, 3.63) is 81.5 Å². The molecule has 0 spiro atoms. The summed E-state index contributed by atoms with van der Waals surface area (Å²) in [4.78, 5) is 27.6. The lowest BCUT2D eigenvalue weighted by Gasteiger charge is -2.37. The minimum atomic E-state index is -2.77. The summed E-state index contributed by atoms with van der Waals surface area (Å²) in [6.45, 7) is 0.964. The fraction of sp³-hybridized carbons (Fsp3) is 0.320. The summed E-state index contributed by atoms with van der Waals surface area (Å²) in [5.41, 5.74) is 0.745. The smallest absolute Gasteiger partial charge is 0.281 e. The number of amides is 1. The Balaban J connectivity index is 1.27. The van der Waals surface area contributed by atoms with Crippen molar-refractivity contribution in [2.45, 2.75) is 31.4 Å². The van der Waals surface area contributed by atoms with Gasteiger partial charge >= 0.3 is 0 Å². The molecule has 1 unspecified atom stereocenters.